The molecular weight excluding hydrogens is 268 g/mol. The molecule has 1 N–H and O–H groups in total. The second-order valence-corrected chi connectivity index (χ2v) is 5.96. The molecule has 112 valence electrons. The molecule has 5 nitrogen and oxygen atoms in total. The number of carbonyl (C=O) groups is 2. The maximum absolute atomic E-state index is 12.8. The first-order valence-electron chi connectivity index (χ1n) is 7.68. The van der Waals surface area contributed by atoms with Crippen molar-refractivity contribution in [2.75, 3.05) is 6.54 Å². The van der Waals surface area contributed by atoms with E-state index in [-0.39, 0.29) is 23.2 Å². The van der Waals surface area contributed by atoms with E-state index in [1.165, 1.54) is 31.5 Å². The van der Waals surface area contributed by atoms with Gasteiger partial charge in [0.2, 0.25) is 0 Å². The minimum atomic E-state index is -1.09. The highest BCUT2D eigenvalue weighted by atomic mass is 16.4. The van der Waals surface area contributed by atoms with E-state index in [1.807, 2.05) is 4.90 Å². The van der Waals surface area contributed by atoms with E-state index < -0.39 is 5.97 Å². The van der Waals surface area contributed by atoms with Crippen LogP contribution in [-0.4, -0.2) is 39.5 Å². The fourth-order valence-corrected chi connectivity index (χ4v) is 3.76. The second-order valence-electron chi connectivity index (χ2n) is 5.96. The summed E-state index contributed by atoms with van der Waals surface area (Å²) in [5.41, 5.74) is 0.0802. The smallest absolute Gasteiger partial charge is 0.338 e. The highest BCUT2D eigenvalue weighted by molar-refractivity contribution is 6.03. The summed E-state index contributed by atoms with van der Waals surface area (Å²) in [6.07, 6.45) is 8.28. The van der Waals surface area contributed by atoms with Crippen LogP contribution >= 0.6 is 0 Å². The molecule has 2 heterocycles. The molecule has 1 aliphatic heterocycles. The quantitative estimate of drug-likeness (QED) is 0.908. The van der Waals surface area contributed by atoms with Crippen molar-refractivity contribution >= 4 is 11.9 Å². The van der Waals surface area contributed by atoms with Crippen molar-refractivity contribution in [1.82, 2.24) is 9.88 Å². The molecule has 3 rings (SSSR count). The largest absolute Gasteiger partial charge is 0.478 e. The molecule has 0 aromatic carbocycles. The molecule has 5 heteroatoms. The van der Waals surface area contributed by atoms with Gasteiger partial charge in [-0.25, -0.2) is 4.79 Å². The Labute approximate surface area is 124 Å². The molecule has 1 saturated carbocycles. The first-order chi connectivity index (χ1) is 10.2. The van der Waals surface area contributed by atoms with Crippen LogP contribution in [0.15, 0.2) is 18.3 Å². The number of aromatic carboxylic acids is 1. The van der Waals surface area contributed by atoms with Crippen LogP contribution in [0.3, 0.4) is 0 Å². The molecule has 1 amide bonds. The Morgan fingerprint density at radius 3 is 2.76 bits per heavy atom. The van der Waals surface area contributed by atoms with Crippen molar-refractivity contribution in [2.45, 2.75) is 44.6 Å². The third-order valence-electron chi connectivity index (χ3n) is 4.74. The van der Waals surface area contributed by atoms with E-state index in [4.69, 9.17) is 0 Å². The van der Waals surface area contributed by atoms with E-state index in [0.29, 0.717) is 5.92 Å². The first-order valence-corrected chi connectivity index (χ1v) is 7.68. The van der Waals surface area contributed by atoms with Gasteiger partial charge in [0.05, 0.1) is 5.56 Å². The van der Waals surface area contributed by atoms with Crippen molar-refractivity contribution in [3.63, 3.8) is 0 Å². The third kappa shape index (κ3) is 2.64. The van der Waals surface area contributed by atoms with Gasteiger partial charge < -0.3 is 10.0 Å². The SMILES string of the molecule is O=C(O)c1cccnc1C(=O)N1CCC[C@H]2CCCC[C@H]21. The Bertz CT molecular complexity index is 556. The number of carboxylic acid groups (broad SMARTS) is 1. The van der Waals surface area contributed by atoms with Gasteiger partial charge in [-0.15, -0.1) is 0 Å². The Kier molecular flexibility index (Phi) is 3.90. The van der Waals surface area contributed by atoms with Crippen LogP contribution in [0.4, 0.5) is 0 Å². The van der Waals surface area contributed by atoms with Gasteiger partial charge >= 0.3 is 5.97 Å². The zero-order chi connectivity index (χ0) is 14.8. The summed E-state index contributed by atoms with van der Waals surface area (Å²) in [6, 6.07) is 3.27. The molecule has 0 unspecified atom stereocenters. The number of amides is 1. The van der Waals surface area contributed by atoms with Crippen molar-refractivity contribution in [3.05, 3.63) is 29.6 Å². The van der Waals surface area contributed by atoms with Gasteiger partial charge in [0.1, 0.15) is 5.69 Å². The molecule has 2 atom stereocenters. The van der Waals surface area contributed by atoms with Crippen LogP contribution in [0, 0.1) is 5.92 Å². The zero-order valence-corrected chi connectivity index (χ0v) is 12.0. The van der Waals surface area contributed by atoms with Crippen molar-refractivity contribution in [2.24, 2.45) is 5.92 Å². The molecule has 1 aliphatic carbocycles. The summed E-state index contributed by atoms with van der Waals surface area (Å²) in [4.78, 5) is 30.0. The number of aromatic nitrogens is 1. The first kappa shape index (κ1) is 14.0. The van der Waals surface area contributed by atoms with Crippen LogP contribution in [0.2, 0.25) is 0 Å². The fourth-order valence-electron chi connectivity index (χ4n) is 3.76. The number of piperidine rings is 1. The number of rotatable bonds is 2. The lowest BCUT2D eigenvalue weighted by Gasteiger charge is -2.44. The number of likely N-dealkylation sites (tertiary alicyclic amines) is 1. The number of carboxylic acids is 1. The summed E-state index contributed by atoms with van der Waals surface area (Å²) in [7, 11) is 0. The lowest BCUT2D eigenvalue weighted by atomic mass is 9.78. The van der Waals surface area contributed by atoms with Crippen LogP contribution in [0.25, 0.3) is 0 Å². The summed E-state index contributed by atoms with van der Waals surface area (Å²) in [5, 5.41) is 9.23. The van der Waals surface area contributed by atoms with Crippen LogP contribution in [-0.2, 0) is 0 Å². The summed E-state index contributed by atoms with van der Waals surface area (Å²) in [5.74, 6) is -0.735. The van der Waals surface area contributed by atoms with Gasteiger partial charge in [-0.05, 0) is 43.7 Å². The third-order valence-corrected chi connectivity index (χ3v) is 4.74. The van der Waals surface area contributed by atoms with Gasteiger partial charge in [-0.2, -0.15) is 0 Å². The molecule has 0 bridgehead atoms. The molecular formula is C16H20N2O3. The maximum atomic E-state index is 12.8. The number of hydrogen-bond donors (Lipinski definition) is 1. The Morgan fingerprint density at radius 1 is 1.19 bits per heavy atom. The van der Waals surface area contributed by atoms with Crippen molar-refractivity contribution in [3.8, 4) is 0 Å². The minimum Gasteiger partial charge on any atom is -0.478 e. The number of nitrogens with zero attached hydrogens (tertiary/aromatic N) is 2. The van der Waals surface area contributed by atoms with Crippen molar-refractivity contribution in [1.29, 1.82) is 0 Å². The van der Waals surface area contributed by atoms with Crippen molar-refractivity contribution < 1.29 is 14.7 Å². The van der Waals surface area contributed by atoms with E-state index in [1.54, 1.807) is 6.07 Å². The monoisotopic (exact) mass is 288 g/mol. The normalized spacial score (nSPS) is 25.2. The molecule has 2 aliphatic rings. The Hall–Kier alpha value is -1.91. The average Bonchev–Trinajstić information content (AvgIpc) is 2.53. The standard InChI is InChI=1S/C16H20N2O3/c19-15(14-12(16(20)21)7-3-9-17-14)18-10-4-6-11-5-1-2-8-13(11)18/h3,7,9,11,13H,1-2,4-6,8,10H2,(H,20,21)/t11-,13-/m1/s1. The zero-order valence-electron chi connectivity index (χ0n) is 12.0. The number of hydrogen-bond acceptors (Lipinski definition) is 3. The molecule has 0 spiro atoms. The molecule has 1 saturated heterocycles. The summed E-state index contributed by atoms with van der Waals surface area (Å²) >= 11 is 0. The molecule has 21 heavy (non-hydrogen) atoms. The topological polar surface area (TPSA) is 70.5 Å². The lowest BCUT2D eigenvalue weighted by Crippen LogP contribution is -2.50. The number of pyridine rings is 1. The van der Waals surface area contributed by atoms with E-state index in [0.717, 1.165) is 25.8 Å². The molecule has 0 radical (unpaired) electrons. The summed E-state index contributed by atoms with van der Waals surface area (Å²) in [6.45, 7) is 0.718. The highest BCUT2D eigenvalue weighted by Gasteiger charge is 2.37. The predicted octanol–water partition coefficient (Wildman–Crippen LogP) is 2.57. The van der Waals surface area contributed by atoms with Gasteiger partial charge in [-0.3, -0.25) is 9.78 Å². The maximum Gasteiger partial charge on any atom is 0.338 e. The van der Waals surface area contributed by atoms with Gasteiger partial charge in [0, 0.05) is 18.8 Å². The predicted molar refractivity (Wildman–Crippen MR) is 77.2 cm³/mol. The van der Waals surface area contributed by atoms with Gasteiger partial charge in [0.25, 0.3) is 5.91 Å². The highest BCUT2D eigenvalue weighted by Crippen LogP contribution is 2.35. The molecule has 1 aromatic rings. The minimum absolute atomic E-state index is 0.000401. The van der Waals surface area contributed by atoms with E-state index in [9.17, 15) is 14.7 Å². The van der Waals surface area contributed by atoms with E-state index in [2.05, 4.69) is 4.98 Å². The second kappa shape index (κ2) is 5.84. The van der Waals surface area contributed by atoms with Gasteiger partial charge in [-0.1, -0.05) is 12.8 Å². The molecule has 1 aromatic heterocycles. The van der Waals surface area contributed by atoms with Crippen LogP contribution in [0.1, 0.15) is 59.4 Å². The van der Waals surface area contributed by atoms with Gasteiger partial charge in [0.15, 0.2) is 0 Å². The Balaban J connectivity index is 1.89. The van der Waals surface area contributed by atoms with Crippen LogP contribution < -0.4 is 0 Å². The molecule has 2 fully saturated rings. The average molecular weight is 288 g/mol. The number of fused-ring (bicyclic) bond motifs is 1. The lowest BCUT2D eigenvalue weighted by molar-refractivity contribution is 0.0380. The Morgan fingerprint density at radius 2 is 1.95 bits per heavy atom. The van der Waals surface area contributed by atoms with Crippen LogP contribution in [0.5, 0.6) is 0 Å². The number of carbonyl (C=O) groups excluding carboxylic acids is 1. The summed E-state index contributed by atoms with van der Waals surface area (Å²) < 4.78 is 0. The fraction of sp³-hybridized carbons (Fsp3) is 0.562. The van der Waals surface area contributed by atoms with E-state index >= 15 is 0 Å².